The molecule has 2 aromatic carbocycles. The van der Waals surface area contributed by atoms with Crippen LogP contribution in [0.15, 0.2) is 54.6 Å². The van der Waals surface area contributed by atoms with Gasteiger partial charge in [-0.25, -0.2) is 0 Å². The van der Waals surface area contributed by atoms with Crippen molar-refractivity contribution in [3.8, 4) is 5.75 Å². The van der Waals surface area contributed by atoms with Gasteiger partial charge in [0.25, 0.3) is 0 Å². The zero-order valence-electron chi connectivity index (χ0n) is 12.9. The van der Waals surface area contributed by atoms with Crippen LogP contribution in [0.25, 0.3) is 0 Å². The molecule has 0 fully saturated rings. The van der Waals surface area contributed by atoms with Crippen LogP contribution in [0.3, 0.4) is 0 Å². The van der Waals surface area contributed by atoms with Crippen LogP contribution >= 0.6 is 0 Å². The number of rotatable bonds is 5. The van der Waals surface area contributed by atoms with Gasteiger partial charge in [0.05, 0.1) is 6.61 Å². The Morgan fingerprint density at radius 3 is 2.68 bits per heavy atom. The maximum absolute atomic E-state index is 12.5. The van der Waals surface area contributed by atoms with Crippen LogP contribution in [0, 0.1) is 0 Å². The van der Waals surface area contributed by atoms with Gasteiger partial charge in [-0.2, -0.15) is 0 Å². The molecule has 0 saturated carbocycles. The molecule has 0 bridgehead atoms. The Kier molecular flexibility index (Phi) is 4.42. The molecule has 0 radical (unpaired) electrons. The Labute approximate surface area is 131 Å². The highest BCUT2D eigenvalue weighted by Gasteiger charge is 2.29. The molecule has 114 valence electrons. The molecule has 0 spiro atoms. The first-order chi connectivity index (χ1) is 10.8. The topological polar surface area (TPSA) is 29.5 Å². The zero-order chi connectivity index (χ0) is 15.4. The number of carbonyl (C=O) groups excluding carboxylic acids is 1. The summed E-state index contributed by atoms with van der Waals surface area (Å²) in [6.07, 6.45) is 2.20. The second kappa shape index (κ2) is 6.65. The molecule has 3 rings (SSSR count). The lowest BCUT2D eigenvalue weighted by molar-refractivity contribution is -0.119. The normalized spacial score (nSPS) is 16.4. The SMILES string of the molecule is C[C@H]1Cc2ccccc2N1C(=O)CCCOc1ccccc1. The van der Waals surface area contributed by atoms with Crippen molar-refractivity contribution in [3.63, 3.8) is 0 Å². The van der Waals surface area contributed by atoms with Crippen molar-refractivity contribution in [2.24, 2.45) is 0 Å². The first-order valence-corrected chi connectivity index (χ1v) is 7.83. The maximum Gasteiger partial charge on any atom is 0.227 e. The third-order valence-corrected chi connectivity index (χ3v) is 4.02. The van der Waals surface area contributed by atoms with Gasteiger partial charge in [-0.3, -0.25) is 4.79 Å². The number of hydrogen-bond donors (Lipinski definition) is 0. The van der Waals surface area contributed by atoms with Crippen molar-refractivity contribution in [1.29, 1.82) is 0 Å². The summed E-state index contributed by atoms with van der Waals surface area (Å²) >= 11 is 0. The summed E-state index contributed by atoms with van der Waals surface area (Å²) in [7, 11) is 0. The highest BCUT2D eigenvalue weighted by atomic mass is 16.5. The van der Waals surface area contributed by atoms with E-state index < -0.39 is 0 Å². The quantitative estimate of drug-likeness (QED) is 0.785. The van der Waals surface area contributed by atoms with Crippen molar-refractivity contribution in [2.75, 3.05) is 11.5 Å². The summed E-state index contributed by atoms with van der Waals surface area (Å²) in [6, 6.07) is 18.1. The van der Waals surface area contributed by atoms with Gasteiger partial charge in [0.1, 0.15) is 5.75 Å². The molecule has 0 unspecified atom stereocenters. The number of para-hydroxylation sites is 2. The number of anilines is 1. The largest absolute Gasteiger partial charge is 0.494 e. The van der Waals surface area contributed by atoms with Gasteiger partial charge in [0.2, 0.25) is 5.91 Å². The van der Waals surface area contributed by atoms with E-state index in [1.165, 1.54) is 5.56 Å². The van der Waals surface area contributed by atoms with Crippen LogP contribution in [0.4, 0.5) is 5.69 Å². The van der Waals surface area contributed by atoms with E-state index in [1.807, 2.05) is 53.4 Å². The molecule has 3 heteroatoms. The average Bonchev–Trinajstić information content (AvgIpc) is 2.88. The van der Waals surface area contributed by atoms with Crippen molar-refractivity contribution in [1.82, 2.24) is 0 Å². The molecular formula is C19H21NO2. The molecule has 22 heavy (non-hydrogen) atoms. The fraction of sp³-hybridized carbons (Fsp3) is 0.316. The predicted molar refractivity (Wildman–Crippen MR) is 88.3 cm³/mol. The number of nitrogens with zero attached hydrogens (tertiary/aromatic N) is 1. The van der Waals surface area contributed by atoms with E-state index in [2.05, 4.69) is 13.0 Å². The summed E-state index contributed by atoms with van der Waals surface area (Å²) < 4.78 is 5.64. The molecule has 1 atom stereocenters. The van der Waals surface area contributed by atoms with Gasteiger partial charge in [-0.05, 0) is 43.5 Å². The lowest BCUT2D eigenvalue weighted by Crippen LogP contribution is -2.35. The number of amides is 1. The Morgan fingerprint density at radius 2 is 1.86 bits per heavy atom. The summed E-state index contributed by atoms with van der Waals surface area (Å²) in [6.45, 7) is 2.68. The third-order valence-electron chi connectivity index (χ3n) is 4.02. The van der Waals surface area contributed by atoms with Crippen LogP contribution < -0.4 is 9.64 Å². The molecule has 0 aromatic heterocycles. The molecular weight excluding hydrogens is 274 g/mol. The molecule has 1 amide bonds. The third kappa shape index (κ3) is 3.14. The van der Waals surface area contributed by atoms with E-state index >= 15 is 0 Å². The first-order valence-electron chi connectivity index (χ1n) is 7.83. The molecule has 1 aliphatic heterocycles. The van der Waals surface area contributed by atoms with E-state index in [9.17, 15) is 4.79 Å². The Morgan fingerprint density at radius 1 is 1.14 bits per heavy atom. The second-order valence-electron chi connectivity index (χ2n) is 5.71. The number of benzene rings is 2. The van der Waals surface area contributed by atoms with Crippen molar-refractivity contribution in [2.45, 2.75) is 32.2 Å². The smallest absolute Gasteiger partial charge is 0.227 e. The minimum atomic E-state index is 0.189. The molecule has 0 N–H and O–H groups in total. The molecule has 3 nitrogen and oxygen atoms in total. The average molecular weight is 295 g/mol. The maximum atomic E-state index is 12.5. The summed E-state index contributed by atoms with van der Waals surface area (Å²) in [5.74, 6) is 1.05. The zero-order valence-corrected chi connectivity index (χ0v) is 12.9. The minimum absolute atomic E-state index is 0.189. The monoisotopic (exact) mass is 295 g/mol. The minimum Gasteiger partial charge on any atom is -0.494 e. The van der Waals surface area contributed by atoms with Gasteiger partial charge in [-0.15, -0.1) is 0 Å². The molecule has 1 heterocycles. The van der Waals surface area contributed by atoms with E-state index in [4.69, 9.17) is 4.74 Å². The van der Waals surface area contributed by atoms with E-state index in [-0.39, 0.29) is 11.9 Å². The fourth-order valence-electron chi connectivity index (χ4n) is 3.00. The number of hydrogen-bond acceptors (Lipinski definition) is 2. The van der Waals surface area contributed by atoms with Crippen LogP contribution in [0.5, 0.6) is 5.75 Å². The van der Waals surface area contributed by atoms with Gasteiger partial charge < -0.3 is 9.64 Å². The lowest BCUT2D eigenvalue weighted by atomic mass is 10.1. The number of fused-ring (bicyclic) bond motifs is 1. The molecule has 1 aliphatic rings. The van der Waals surface area contributed by atoms with Crippen molar-refractivity contribution in [3.05, 3.63) is 60.2 Å². The Bertz CT molecular complexity index is 639. The second-order valence-corrected chi connectivity index (χ2v) is 5.71. The van der Waals surface area contributed by atoms with E-state index in [0.717, 1.165) is 24.3 Å². The lowest BCUT2D eigenvalue weighted by Gasteiger charge is -2.22. The summed E-state index contributed by atoms with van der Waals surface area (Å²) in [5, 5.41) is 0. The van der Waals surface area contributed by atoms with Crippen molar-refractivity contribution >= 4 is 11.6 Å². The van der Waals surface area contributed by atoms with Crippen LogP contribution in [0.1, 0.15) is 25.3 Å². The van der Waals surface area contributed by atoms with Gasteiger partial charge >= 0.3 is 0 Å². The number of ether oxygens (including phenoxy) is 1. The molecule has 0 aliphatic carbocycles. The van der Waals surface area contributed by atoms with Gasteiger partial charge in [-0.1, -0.05) is 36.4 Å². The van der Waals surface area contributed by atoms with Gasteiger partial charge in [0.15, 0.2) is 0 Å². The Balaban J connectivity index is 1.52. The summed E-state index contributed by atoms with van der Waals surface area (Å²) in [5.41, 5.74) is 2.34. The summed E-state index contributed by atoms with van der Waals surface area (Å²) in [4.78, 5) is 14.4. The van der Waals surface area contributed by atoms with Crippen LogP contribution in [-0.4, -0.2) is 18.6 Å². The highest BCUT2D eigenvalue weighted by molar-refractivity contribution is 5.96. The highest BCUT2D eigenvalue weighted by Crippen LogP contribution is 2.32. The fourth-order valence-corrected chi connectivity index (χ4v) is 3.00. The van der Waals surface area contributed by atoms with Crippen LogP contribution in [0.2, 0.25) is 0 Å². The number of carbonyl (C=O) groups is 1. The molecule has 0 saturated heterocycles. The first kappa shape index (κ1) is 14.6. The van der Waals surface area contributed by atoms with Crippen molar-refractivity contribution < 1.29 is 9.53 Å². The predicted octanol–water partition coefficient (Wildman–Crippen LogP) is 3.82. The Hall–Kier alpha value is -2.29. The molecule has 2 aromatic rings. The standard InChI is InChI=1S/C19H21NO2/c1-15-14-16-8-5-6-11-18(16)20(15)19(21)12-7-13-22-17-9-3-2-4-10-17/h2-6,8-11,15H,7,12-14H2,1H3/t15-/m0/s1. The van der Waals surface area contributed by atoms with E-state index in [0.29, 0.717) is 13.0 Å². The van der Waals surface area contributed by atoms with E-state index in [1.54, 1.807) is 0 Å². The van der Waals surface area contributed by atoms with Crippen LogP contribution in [-0.2, 0) is 11.2 Å². The van der Waals surface area contributed by atoms with Gasteiger partial charge in [0, 0.05) is 18.2 Å².